The van der Waals surface area contributed by atoms with E-state index in [2.05, 4.69) is 15.2 Å². The Bertz CT molecular complexity index is 758. The molecule has 0 aliphatic heterocycles. The summed E-state index contributed by atoms with van der Waals surface area (Å²) in [6.45, 7) is 0.0619. The highest BCUT2D eigenvalue weighted by Gasteiger charge is 2.13. The summed E-state index contributed by atoms with van der Waals surface area (Å²) in [5, 5.41) is 18.1. The summed E-state index contributed by atoms with van der Waals surface area (Å²) in [6.07, 6.45) is 0. The van der Waals surface area contributed by atoms with Crippen molar-refractivity contribution >= 4 is 33.8 Å². The molecule has 0 fully saturated rings. The summed E-state index contributed by atoms with van der Waals surface area (Å²) in [5.41, 5.74) is 2.11. The lowest BCUT2D eigenvalue weighted by atomic mass is 10.2. The van der Waals surface area contributed by atoms with Gasteiger partial charge in [0.25, 0.3) is 0 Å². The van der Waals surface area contributed by atoms with Gasteiger partial charge in [-0.1, -0.05) is 11.8 Å². The van der Waals surface area contributed by atoms with Crippen molar-refractivity contribution in [3.05, 3.63) is 24.0 Å². The van der Waals surface area contributed by atoms with Crippen molar-refractivity contribution < 1.29 is 9.50 Å². The zero-order valence-electron chi connectivity index (χ0n) is 10.2. The first-order valence-corrected chi connectivity index (χ1v) is 6.71. The summed E-state index contributed by atoms with van der Waals surface area (Å²) in [4.78, 5) is 4.40. The number of aromatic nitrogens is 4. The number of aliphatic hydroxyl groups is 1. The summed E-state index contributed by atoms with van der Waals surface area (Å²) < 4.78 is 15.2. The Morgan fingerprint density at radius 1 is 1.37 bits per heavy atom. The van der Waals surface area contributed by atoms with E-state index < -0.39 is 0 Å². The predicted octanol–water partition coefficient (Wildman–Crippen LogP) is 1.74. The highest BCUT2D eigenvalue weighted by Crippen LogP contribution is 2.26. The fourth-order valence-electron chi connectivity index (χ4n) is 2.01. The molecule has 98 valence electrons. The number of nitrogens with zero attached hydrogens (tertiary/aromatic N) is 4. The fraction of sp³-hybridized carbons (Fsp3) is 0.250. The van der Waals surface area contributed by atoms with Gasteiger partial charge < -0.3 is 9.67 Å². The van der Waals surface area contributed by atoms with Gasteiger partial charge in [-0.3, -0.25) is 0 Å². The molecule has 0 amide bonds. The zero-order valence-corrected chi connectivity index (χ0v) is 11.0. The molecular formula is C12H11FN4OS. The second-order valence-electron chi connectivity index (χ2n) is 4.06. The maximum Gasteiger partial charge on any atom is 0.211 e. The van der Waals surface area contributed by atoms with Gasteiger partial charge in [-0.15, -0.1) is 10.2 Å². The van der Waals surface area contributed by atoms with Crippen molar-refractivity contribution in [2.75, 3.05) is 12.4 Å². The number of halogens is 1. The highest BCUT2D eigenvalue weighted by atomic mass is 32.2. The zero-order chi connectivity index (χ0) is 13.4. The van der Waals surface area contributed by atoms with Crippen LogP contribution in [-0.2, 0) is 7.05 Å². The molecule has 0 spiro atoms. The summed E-state index contributed by atoms with van der Waals surface area (Å²) >= 11 is 1.33. The molecule has 0 radical (unpaired) electrons. The molecule has 0 saturated carbocycles. The molecule has 0 saturated heterocycles. The first-order chi connectivity index (χ1) is 9.20. The Labute approximate surface area is 112 Å². The number of benzene rings is 1. The third-order valence-electron chi connectivity index (χ3n) is 2.86. The van der Waals surface area contributed by atoms with E-state index >= 15 is 0 Å². The second-order valence-corrected chi connectivity index (χ2v) is 5.12. The van der Waals surface area contributed by atoms with Gasteiger partial charge in [0, 0.05) is 18.2 Å². The van der Waals surface area contributed by atoms with E-state index in [4.69, 9.17) is 5.11 Å². The maximum atomic E-state index is 13.3. The van der Waals surface area contributed by atoms with Crippen LogP contribution in [0.4, 0.5) is 4.39 Å². The lowest BCUT2D eigenvalue weighted by Crippen LogP contribution is -1.97. The van der Waals surface area contributed by atoms with Gasteiger partial charge in [-0.25, -0.2) is 9.37 Å². The van der Waals surface area contributed by atoms with Crippen molar-refractivity contribution in [2.24, 2.45) is 7.05 Å². The molecule has 3 rings (SSSR count). The molecule has 1 aromatic carbocycles. The van der Waals surface area contributed by atoms with Crippen LogP contribution < -0.4 is 0 Å². The molecule has 0 unspecified atom stereocenters. The fourth-order valence-corrected chi connectivity index (χ4v) is 2.54. The van der Waals surface area contributed by atoms with Crippen molar-refractivity contribution in [1.82, 2.24) is 19.7 Å². The highest BCUT2D eigenvalue weighted by molar-refractivity contribution is 7.99. The molecule has 1 N–H and O–H groups in total. The van der Waals surface area contributed by atoms with E-state index in [0.29, 0.717) is 27.5 Å². The first-order valence-electron chi connectivity index (χ1n) is 5.72. The average molecular weight is 278 g/mol. The Morgan fingerprint density at radius 2 is 2.21 bits per heavy atom. The first kappa shape index (κ1) is 12.3. The number of aliphatic hydroxyl groups excluding tert-OH is 1. The Morgan fingerprint density at radius 3 is 3.00 bits per heavy atom. The van der Waals surface area contributed by atoms with Crippen LogP contribution in [-0.4, -0.2) is 37.2 Å². The van der Waals surface area contributed by atoms with E-state index in [0.717, 1.165) is 5.52 Å². The summed E-state index contributed by atoms with van der Waals surface area (Å²) in [7, 11) is 1.86. The van der Waals surface area contributed by atoms with Crippen LogP contribution in [0.25, 0.3) is 22.1 Å². The Balaban J connectivity index is 2.23. The monoisotopic (exact) mass is 278 g/mol. The average Bonchev–Trinajstić information content (AvgIpc) is 2.69. The van der Waals surface area contributed by atoms with E-state index in [-0.39, 0.29) is 12.4 Å². The molecule has 0 atom stereocenters. The van der Waals surface area contributed by atoms with Gasteiger partial charge >= 0.3 is 0 Å². The number of hydrogen-bond donors (Lipinski definition) is 1. The predicted molar refractivity (Wildman–Crippen MR) is 71.6 cm³/mol. The van der Waals surface area contributed by atoms with Crippen LogP contribution in [0, 0.1) is 5.82 Å². The largest absolute Gasteiger partial charge is 0.396 e. The van der Waals surface area contributed by atoms with Crippen LogP contribution in [0.15, 0.2) is 23.4 Å². The SMILES string of the molecule is Cn1c2ccc(F)cc2c2nnc(SCCO)nc21. The molecule has 2 heterocycles. The van der Waals surface area contributed by atoms with Crippen LogP contribution in [0.3, 0.4) is 0 Å². The van der Waals surface area contributed by atoms with Crippen molar-refractivity contribution in [1.29, 1.82) is 0 Å². The van der Waals surface area contributed by atoms with E-state index in [1.54, 1.807) is 6.07 Å². The van der Waals surface area contributed by atoms with Gasteiger partial charge in [0.2, 0.25) is 5.16 Å². The number of rotatable bonds is 3. The number of thioether (sulfide) groups is 1. The van der Waals surface area contributed by atoms with Crippen LogP contribution in [0.1, 0.15) is 0 Å². The molecule has 0 bridgehead atoms. The maximum absolute atomic E-state index is 13.3. The smallest absolute Gasteiger partial charge is 0.211 e. The Kier molecular flexibility index (Phi) is 3.08. The van der Waals surface area contributed by atoms with Gasteiger partial charge in [0.1, 0.15) is 11.3 Å². The molecule has 0 aliphatic rings. The quantitative estimate of drug-likeness (QED) is 0.739. The molecule has 2 aromatic heterocycles. The van der Waals surface area contributed by atoms with Gasteiger partial charge in [0.15, 0.2) is 5.65 Å². The van der Waals surface area contributed by atoms with Crippen molar-refractivity contribution in [3.63, 3.8) is 0 Å². The van der Waals surface area contributed by atoms with Crippen LogP contribution >= 0.6 is 11.8 Å². The van der Waals surface area contributed by atoms with E-state index in [1.807, 2.05) is 11.6 Å². The van der Waals surface area contributed by atoms with Crippen LogP contribution in [0.2, 0.25) is 0 Å². The molecule has 19 heavy (non-hydrogen) atoms. The summed E-state index contributed by atoms with van der Waals surface area (Å²) in [6, 6.07) is 4.55. The molecule has 5 nitrogen and oxygen atoms in total. The Hall–Kier alpha value is -1.73. The van der Waals surface area contributed by atoms with E-state index in [1.165, 1.54) is 23.9 Å². The lowest BCUT2D eigenvalue weighted by molar-refractivity contribution is 0.322. The second kappa shape index (κ2) is 4.75. The van der Waals surface area contributed by atoms with Crippen molar-refractivity contribution in [2.45, 2.75) is 5.16 Å². The van der Waals surface area contributed by atoms with Gasteiger partial charge in [-0.05, 0) is 18.2 Å². The van der Waals surface area contributed by atoms with Crippen LogP contribution in [0.5, 0.6) is 0 Å². The third-order valence-corrected chi connectivity index (χ3v) is 3.68. The number of aryl methyl sites for hydroxylation is 1. The standard InChI is InChI=1S/C12H11FN4OS/c1-17-9-3-2-7(13)6-8(9)10-11(17)14-12(16-15-10)19-5-4-18/h2-3,6,18H,4-5H2,1H3. The van der Waals surface area contributed by atoms with Gasteiger partial charge in [-0.2, -0.15) is 0 Å². The molecule has 3 aromatic rings. The topological polar surface area (TPSA) is 63.8 Å². The number of hydrogen-bond acceptors (Lipinski definition) is 5. The minimum atomic E-state index is -0.305. The minimum Gasteiger partial charge on any atom is -0.396 e. The molecule has 0 aliphatic carbocycles. The number of fused-ring (bicyclic) bond motifs is 3. The normalized spacial score (nSPS) is 11.5. The molecular weight excluding hydrogens is 267 g/mol. The lowest BCUT2D eigenvalue weighted by Gasteiger charge is -1.98. The summed E-state index contributed by atoms with van der Waals surface area (Å²) in [5.74, 6) is 0.215. The third kappa shape index (κ3) is 2.04. The molecule has 7 heteroatoms. The van der Waals surface area contributed by atoms with E-state index in [9.17, 15) is 4.39 Å². The van der Waals surface area contributed by atoms with Crippen molar-refractivity contribution in [3.8, 4) is 0 Å². The van der Waals surface area contributed by atoms with Gasteiger partial charge in [0.05, 0.1) is 12.1 Å². The minimum absolute atomic E-state index is 0.0619.